The molecular weight excluding hydrogens is 304 g/mol. The van der Waals surface area contributed by atoms with E-state index in [1.807, 2.05) is 0 Å². The maximum absolute atomic E-state index is 5.95. The summed E-state index contributed by atoms with van der Waals surface area (Å²) in [5.41, 5.74) is 1.67. The van der Waals surface area contributed by atoms with Gasteiger partial charge >= 0.3 is 0 Å². The Bertz CT molecular complexity index is 289. The zero-order valence-electron chi connectivity index (χ0n) is 15.2. The van der Waals surface area contributed by atoms with Gasteiger partial charge in [-0.3, -0.25) is 0 Å². The molecule has 0 spiro atoms. The van der Waals surface area contributed by atoms with Crippen molar-refractivity contribution in [3.8, 4) is 0 Å². The van der Waals surface area contributed by atoms with Gasteiger partial charge in [0, 0.05) is 5.92 Å². The van der Waals surface area contributed by atoms with Crippen molar-refractivity contribution in [3.05, 3.63) is 11.6 Å². The first kappa shape index (κ1) is 20.1. The second-order valence-corrected chi connectivity index (χ2v) is 8.51. The lowest BCUT2D eigenvalue weighted by molar-refractivity contribution is -0.0313. The first-order valence-corrected chi connectivity index (χ1v) is 13.7. The maximum Gasteiger partial charge on any atom is 0.161 e. The van der Waals surface area contributed by atoms with Crippen LogP contribution in [0.25, 0.3) is 0 Å². The normalized spacial score (nSPS) is 22.4. The van der Waals surface area contributed by atoms with E-state index < -0.39 is 0 Å². The average Bonchev–Trinajstić information content (AvgIpc) is 2.49. The van der Waals surface area contributed by atoms with Crippen LogP contribution in [0.3, 0.4) is 0 Å². The summed E-state index contributed by atoms with van der Waals surface area (Å²) in [4.78, 5) is 0. The van der Waals surface area contributed by atoms with E-state index in [0.29, 0.717) is 5.92 Å². The van der Waals surface area contributed by atoms with E-state index in [1.54, 1.807) is 5.57 Å². The lowest BCUT2D eigenvalue weighted by atomic mass is 9.94. The summed E-state index contributed by atoms with van der Waals surface area (Å²) in [5.74, 6) is 0.513. The highest BCUT2D eigenvalue weighted by molar-refractivity contribution is 6.26. The summed E-state index contributed by atoms with van der Waals surface area (Å²) in [5, 5.41) is 0. The SMILES string of the molecule is C[SiH2]OC(O[SiH2]C)C(C)CC1=CCCCCCCCCCC1. The molecule has 0 radical (unpaired) electrons. The Kier molecular flexibility index (Phi) is 12.4. The lowest BCUT2D eigenvalue weighted by Gasteiger charge is -2.25. The van der Waals surface area contributed by atoms with Crippen molar-refractivity contribution in [2.75, 3.05) is 0 Å². The van der Waals surface area contributed by atoms with Gasteiger partial charge in [0.25, 0.3) is 0 Å². The van der Waals surface area contributed by atoms with Gasteiger partial charge in [-0.15, -0.1) is 0 Å². The van der Waals surface area contributed by atoms with Crippen LogP contribution in [-0.4, -0.2) is 25.8 Å². The van der Waals surface area contributed by atoms with Crippen molar-refractivity contribution in [2.45, 2.75) is 96.9 Å². The van der Waals surface area contributed by atoms with Crippen LogP contribution < -0.4 is 0 Å². The topological polar surface area (TPSA) is 18.5 Å². The Balaban J connectivity index is 2.51. The Morgan fingerprint density at radius 3 is 2.05 bits per heavy atom. The fourth-order valence-corrected chi connectivity index (χ4v) is 5.06. The van der Waals surface area contributed by atoms with Crippen LogP contribution in [0.2, 0.25) is 13.1 Å². The maximum atomic E-state index is 5.95. The number of hydrogen-bond donors (Lipinski definition) is 0. The molecule has 0 aromatic rings. The van der Waals surface area contributed by atoms with Gasteiger partial charge in [0.2, 0.25) is 0 Å². The number of hydrogen-bond acceptors (Lipinski definition) is 2. The molecule has 0 aromatic heterocycles. The zero-order valence-corrected chi connectivity index (χ0v) is 18.1. The van der Waals surface area contributed by atoms with Crippen LogP contribution >= 0.6 is 0 Å². The van der Waals surface area contributed by atoms with Crippen LogP contribution in [0.15, 0.2) is 11.6 Å². The van der Waals surface area contributed by atoms with Crippen LogP contribution in [0.1, 0.15) is 77.6 Å². The molecule has 22 heavy (non-hydrogen) atoms. The molecule has 0 aliphatic heterocycles. The minimum Gasteiger partial charge on any atom is -0.400 e. The summed E-state index contributed by atoms with van der Waals surface area (Å²) in [6, 6.07) is 0. The quantitative estimate of drug-likeness (QED) is 0.386. The monoisotopic (exact) mass is 342 g/mol. The van der Waals surface area contributed by atoms with E-state index in [-0.39, 0.29) is 25.8 Å². The minimum atomic E-state index is -0.388. The van der Waals surface area contributed by atoms with Gasteiger partial charge in [0.05, 0.1) is 0 Å². The molecular formula is C18H38O2Si2. The minimum absolute atomic E-state index is 0.0793. The van der Waals surface area contributed by atoms with E-state index in [0.717, 1.165) is 0 Å². The third-order valence-electron chi connectivity index (χ3n) is 4.60. The van der Waals surface area contributed by atoms with Crippen molar-refractivity contribution in [1.82, 2.24) is 0 Å². The van der Waals surface area contributed by atoms with Crippen LogP contribution in [0.4, 0.5) is 0 Å². The van der Waals surface area contributed by atoms with Crippen LogP contribution in [0, 0.1) is 5.92 Å². The summed E-state index contributed by atoms with van der Waals surface area (Å²) in [6.45, 7) is 6.72. The Hall–Kier alpha value is 0.0938. The molecule has 130 valence electrons. The molecule has 0 bridgehead atoms. The fraction of sp³-hybridized carbons (Fsp3) is 0.889. The Morgan fingerprint density at radius 1 is 0.909 bits per heavy atom. The molecule has 0 heterocycles. The average molecular weight is 343 g/mol. The van der Waals surface area contributed by atoms with E-state index in [1.165, 1.54) is 70.6 Å². The van der Waals surface area contributed by atoms with Crippen molar-refractivity contribution in [2.24, 2.45) is 5.92 Å². The molecule has 0 N–H and O–H groups in total. The number of rotatable bonds is 7. The van der Waals surface area contributed by atoms with Gasteiger partial charge in [-0.1, -0.05) is 70.2 Å². The van der Waals surface area contributed by atoms with E-state index in [4.69, 9.17) is 8.85 Å². The molecule has 1 atom stereocenters. The van der Waals surface area contributed by atoms with Gasteiger partial charge in [0.1, 0.15) is 6.29 Å². The van der Waals surface area contributed by atoms with E-state index in [9.17, 15) is 0 Å². The molecule has 2 nitrogen and oxygen atoms in total. The Labute approximate surface area is 143 Å². The molecule has 1 aliphatic rings. The largest absolute Gasteiger partial charge is 0.400 e. The fourth-order valence-electron chi connectivity index (χ4n) is 3.37. The smallest absolute Gasteiger partial charge is 0.161 e. The summed E-state index contributed by atoms with van der Waals surface area (Å²) < 4.78 is 11.9. The molecule has 0 fully saturated rings. The van der Waals surface area contributed by atoms with Gasteiger partial charge in [-0.25, -0.2) is 0 Å². The van der Waals surface area contributed by atoms with Gasteiger partial charge in [-0.05, 0) is 32.1 Å². The summed E-state index contributed by atoms with van der Waals surface area (Å²) in [7, 11) is -0.775. The first-order chi connectivity index (χ1) is 10.8. The summed E-state index contributed by atoms with van der Waals surface area (Å²) in [6.07, 6.45) is 17.7. The van der Waals surface area contributed by atoms with Crippen molar-refractivity contribution >= 4 is 19.5 Å². The Morgan fingerprint density at radius 2 is 1.45 bits per heavy atom. The zero-order chi connectivity index (χ0) is 16.0. The predicted octanol–water partition coefficient (Wildman–Crippen LogP) is 4.48. The molecule has 4 heteroatoms. The highest BCUT2D eigenvalue weighted by atomic mass is 28.2. The molecule has 1 aliphatic carbocycles. The molecule has 0 saturated carbocycles. The standard InChI is InChI=1S/C18H38O2Si2/c1-16(18(19-21-2)20-22-3)15-17-13-11-9-7-5-4-6-8-10-12-14-17/h13,16,18H,4-12,14-15,21-22H2,1-3H3. The molecule has 0 amide bonds. The number of allylic oxidation sites excluding steroid dienone is 2. The summed E-state index contributed by atoms with van der Waals surface area (Å²) >= 11 is 0. The molecule has 1 rings (SSSR count). The van der Waals surface area contributed by atoms with Crippen molar-refractivity contribution in [3.63, 3.8) is 0 Å². The predicted molar refractivity (Wildman–Crippen MR) is 103 cm³/mol. The molecule has 0 saturated heterocycles. The second kappa shape index (κ2) is 13.5. The van der Waals surface area contributed by atoms with E-state index >= 15 is 0 Å². The highest BCUT2D eigenvalue weighted by Gasteiger charge is 2.18. The third kappa shape index (κ3) is 9.28. The van der Waals surface area contributed by atoms with Crippen LogP contribution in [0.5, 0.6) is 0 Å². The van der Waals surface area contributed by atoms with Crippen LogP contribution in [-0.2, 0) is 8.85 Å². The second-order valence-electron chi connectivity index (χ2n) is 6.69. The lowest BCUT2D eigenvalue weighted by Crippen LogP contribution is -2.27. The van der Waals surface area contributed by atoms with Gasteiger partial charge < -0.3 is 8.85 Å². The molecule has 0 aromatic carbocycles. The van der Waals surface area contributed by atoms with Gasteiger partial charge in [-0.2, -0.15) is 0 Å². The van der Waals surface area contributed by atoms with Crippen molar-refractivity contribution in [1.29, 1.82) is 0 Å². The van der Waals surface area contributed by atoms with Gasteiger partial charge in [0.15, 0.2) is 19.5 Å². The van der Waals surface area contributed by atoms with Crippen molar-refractivity contribution < 1.29 is 8.85 Å². The third-order valence-corrected chi connectivity index (χ3v) is 5.92. The van der Waals surface area contributed by atoms with E-state index in [2.05, 4.69) is 26.1 Å². The first-order valence-electron chi connectivity index (χ1n) is 9.69. The molecule has 1 unspecified atom stereocenters. The highest BCUT2D eigenvalue weighted by Crippen LogP contribution is 2.24.